The van der Waals surface area contributed by atoms with Gasteiger partial charge in [0.05, 0.1) is 13.0 Å². The van der Waals surface area contributed by atoms with E-state index in [9.17, 15) is 9.90 Å². The zero-order chi connectivity index (χ0) is 17.1. The molecule has 1 aliphatic rings. The SMILES string of the molecule is COc1cc2c(cc1[C@H](C)N)[C@@H](C(=O)O)[C@@H](CCCB(O)O)C2. The summed E-state index contributed by atoms with van der Waals surface area (Å²) in [5.41, 5.74) is 8.57. The molecule has 0 fully saturated rings. The van der Waals surface area contributed by atoms with Gasteiger partial charge in [0.2, 0.25) is 0 Å². The number of ether oxygens (including phenoxy) is 1. The highest BCUT2D eigenvalue weighted by molar-refractivity contribution is 6.40. The molecule has 2 rings (SSSR count). The molecule has 1 aliphatic carbocycles. The summed E-state index contributed by atoms with van der Waals surface area (Å²) in [5, 5.41) is 27.5. The van der Waals surface area contributed by atoms with Crippen LogP contribution in [0.5, 0.6) is 5.75 Å². The van der Waals surface area contributed by atoms with Crippen molar-refractivity contribution in [2.75, 3.05) is 7.11 Å². The normalized spacial score (nSPS) is 20.9. The summed E-state index contributed by atoms with van der Waals surface area (Å²) in [6.45, 7) is 1.84. The molecule has 0 unspecified atom stereocenters. The smallest absolute Gasteiger partial charge is 0.451 e. The van der Waals surface area contributed by atoms with Crippen molar-refractivity contribution < 1.29 is 24.7 Å². The number of hydrogen-bond acceptors (Lipinski definition) is 5. The second-order valence-corrected chi connectivity index (χ2v) is 6.27. The van der Waals surface area contributed by atoms with E-state index in [1.54, 1.807) is 7.11 Å². The van der Waals surface area contributed by atoms with Gasteiger partial charge in [-0.3, -0.25) is 4.79 Å². The quantitative estimate of drug-likeness (QED) is 0.563. The molecule has 6 nitrogen and oxygen atoms in total. The molecule has 7 heteroatoms. The van der Waals surface area contributed by atoms with Crippen molar-refractivity contribution in [1.29, 1.82) is 0 Å². The standard InChI is InChI=1S/C16H24BNO5/c1-9(18)12-8-13-11(7-14(12)23-2)6-10(15(13)16(19)20)4-3-5-17(21)22/h7-10,15,21-22H,3-6,18H2,1-2H3,(H,19,20)/t9-,10-,15-/m0/s1. The highest BCUT2D eigenvalue weighted by atomic mass is 16.5. The molecule has 0 aromatic heterocycles. The Morgan fingerprint density at radius 1 is 1.48 bits per heavy atom. The lowest BCUT2D eigenvalue weighted by atomic mass is 9.80. The second-order valence-electron chi connectivity index (χ2n) is 6.27. The topological polar surface area (TPSA) is 113 Å². The Morgan fingerprint density at radius 2 is 2.17 bits per heavy atom. The number of rotatable bonds is 7. The van der Waals surface area contributed by atoms with Crippen LogP contribution >= 0.6 is 0 Å². The van der Waals surface area contributed by atoms with E-state index in [0.717, 1.165) is 16.7 Å². The molecular weight excluding hydrogens is 297 g/mol. The van der Waals surface area contributed by atoms with Gasteiger partial charge in [0.1, 0.15) is 5.75 Å². The van der Waals surface area contributed by atoms with E-state index in [0.29, 0.717) is 25.0 Å². The maximum Gasteiger partial charge on any atom is 0.451 e. The number of fused-ring (bicyclic) bond motifs is 1. The lowest BCUT2D eigenvalue weighted by Crippen LogP contribution is -2.19. The number of carbonyl (C=O) groups is 1. The van der Waals surface area contributed by atoms with Gasteiger partial charge in [-0.1, -0.05) is 6.42 Å². The summed E-state index contributed by atoms with van der Waals surface area (Å²) in [6, 6.07) is 3.51. The number of carboxylic acids is 1. The van der Waals surface area contributed by atoms with E-state index in [4.69, 9.17) is 20.5 Å². The van der Waals surface area contributed by atoms with Gasteiger partial charge in [0.15, 0.2) is 0 Å². The molecule has 0 spiro atoms. The van der Waals surface area contributed by atoms with Crippen LogP contribution in [0.4, 0.5) is 0 Å². The molecule has 0 heterocycles. The minimum atomic E-state index is -1.34. The lowest BCUT2D eigenvalue weighted by Gasteiger charge is -2.18. The van der Waals surface area contributed by atoms with Crippen molar-refractivity contribution in [2.45, 2.75) is 44.5 Å². The highest BCUT2D eigenvalue weighted by Gasteiger charge is 2.38. The van der Waals surface area contributed by atoms with Crippen LogP contribution in [0.25, 0.3) is 0 Å². The van der Waals surface area contributed by atoms with Crippen molar-refractivity contribution in [2.24, 2.45) is 11.7 Å². The number of methoxy groups -OCH3 is 1. The van der Waals surface area contributed by atoms with Crippen molar-refractivity contribution >= 4 is 13.1 Å². The van der Waals surface area contributed by atoms with Crippen molar-refractivity contribution in [3.05, 3.63) is 28.8 Å². The molecule has 0 radical (unpaired) electrons. The van der Waals surface area contributed by atoms with Crippen LogP contribution in [0.2, 0.25) is 6.32 Å². The molecule has 126 valence electrons. The van der Waals surface area contributed by atoms with Crippen LogP contribution in [0.3, 0.4) is 0 Å². The van der Waals surface area contributed by atoms with Crippen molar-refractivity contribution in [3.63, 3.8) is 0 Å². The summed E-state index contributed by atoms with van der Waals surface area (Å²) >= 11 is 0. The molecule has 1 aromatic carbocycles. The first-order valence-electron chi connectivity index (χ1n) is 7.90. The van der Waals surface area contributed by atoms with Gasteiger partial charge in [-0.05, 0) is 55.3 Å². The van der Waals surface area contributed by atoms with Crippen molar-refractivity contribution in [1.82, 2.24) is 0 Å². The summed E-state index contributed by atoms with van der Waals surface area (Å²) in [7, 11) is 0.240. The predicted molar refractivity (Wildman–Crippen MR) is 87.4 cm³/mol. The van der Waals surface area contributed by atoms with Crippen molar-refractivity contribution in [3.8, 4) is 5.75 Å². The first-order chi connectivity index (χ1) is 10.8. The van der Waals surface area contributed by atoms with E-state index in [1.807, 2.05) is 19.1 Å². The number of hydrogen-bond donors (Lipinski definition) is 4. The molecule has 0 amide bonds. The maximum absolute atomic E-state index is 11.7. The lowest BCUT2D eigenvalue weighted by molar-refractivity contribution is -0.139. The monoisotopic (exact) mass is 321 g/mol. The van der Waals surface area contributed by atoms with E-state index >= 15 is 0 Å². The second kappa shape index (κ2) is 7.34. The predicted octanol–water partition coefficient (Wildman–Crippen LogP) is 1.31. The fourth-order valence-electron chi connectivity index (χ4n) is 3.48. The maximum atomic E-state index is 11.7. The summed E-state index contributed by atoms with van der Waals surface area (Å²) in [4.78, 5) is 11.7. The Morgan fingerprint density at radius 3 is 2.70 bits per heavy atom. The zero-order valence-corrected chi connectivity index (χ0v) is 13.5. The van der Waals surface area contributed by atoms with Crippen LogP contribution < -0.4 is 10.5 Å². The highest BCUT2D eigenvalue weighted by Crippen LogP contribution is 2.44. The summed E-state index contributed by atoms with van der Waals surface area (Å²) in [5.74, 6) is -0.785. The van der Waals surface area contributed by atoms with Crippen LogP contribution in [0.15, 0.2) is 12.1 Å². The molecular formula is C16H24BNO5. The van der Waals surface area contributed by atoms with E-state index in [2.05, 4.69) is 0 Å². The number of benzene rings is 1. The Kier molecular flexibility index (Phi) is 5.67. The van der Waals surface area contributed by atoms with E-state index in [1.165, 1.54) is 0 Å². The van der Waals surface area contributed by atoms with Gasteiger partial charge >= 0.3 is 13.1 Å². The summed E-state index contributed by atoms with van der Waals surface area (Å²) in [6.07, 6.45) is 2.13. The largest absolute Gasteiger partial charge is 0.496 e. The molecule has 0 aliphatic heterocycles. The van der Waals surface area contributed by atoms with Gasteiger partial charge < -0.3 is 25.6 Å². The molecule has 3 atom stereocenters. The number of nitrogens with two attached hydrogens (primary N) is 1. The Labute approximate surface area is 136 Å². The number of aliphatic carboxylic acids is 1. The Bertz CT molecular complexity index is 576. The minimum Gasteiger partial charge on any atom is -0.496 e. The summed E-state index contributed by atoms with van der Waals surface area (Å²) < 4.78 is 5.38. The average molecular weight is 321 g/mol. The third kappa shape index (κ3) is 3.86. The zero-order valence-electron chi connectivity index (χ0n) is 13.5. The molecule has 0 saturated carbocycles. The third-order valence-electron chi connectivity index (χ3n) is 4.57. The van der Waals surface area contributed by atoms with Crippen LogP contribution in [-0.4, -0.2) is 35.4 Å². The van der Waals surface area contributed by atoms with Gasteiger partial charge in [-0.15, -0.1) is 0 Å². The molecule has 0 bridgehead atoms. The minimum absolute atomic E-state index is 0.0470. The molecule has 0 saturated heterocycles. The first-order valence-corrected chi connectivity index (χ1v) is 7.90. The number of carboxylic acid groups (broad SMARTS) is 1. The molecule has 23 heavy (non-hydrogen) atoms. The molecule has 5 N–H and O–H groups in total. The molecule has 1 aromatic rings. The van der Waals surface area contributed by atoms with Crippen LogP contribution in [0, 0.1) is 5.92 Å². The van der Waals surface area contributed by atoms with Gasteiger partial charge in [-0.25, -0.2) is 0 Å². The van der Waals surface area contributed by atoms with E-state index < -0.39 is 19.0 Å². The third-order valence-corrected chi connectivity index (χ3v) is 4.57. The van der Waals surface area contributed by atoms with Gasteiger partial charge in [0, 0.05) is 11.6 Å². The van der Waals surface area contributed by atoms with E-state index in [-0.39, 0.29) is 18.3 Å². The average Bonchev–Trinajstić information content (AvgIpc) is 2.82. The van der Waals surface area contributed by atoms with Crippen LogP contribution in [0.1, 0.15) is 48.4 Å². The first kappa shape index (κ1) is 17.8. The fourth-order valence-corrected chi connectivity index (χ4v) is 3.48. The van der Waals surface area contributed by atoms with Gasteiger partial charge in [-0.2, -0.15) is 0 Å². The fraction of sp³-hybridized carbons (Fsp3) is 0.562. The van der Waals surface area contributed by atoms with Gasteiger partial charge in [0.25, 0.3) is 0 Å². The Balaban J connectivity index is 2.29. The Hall–Kier alpha value is -1.57. The van der Waals surface area contributed by atoms with Crippen LogP contribution in [-0.2, 0) is 11.2 Å².